The summed E-state index contributed by atoms with van der Waals surface area (Å²) in [6, 6.07) is 3.57. The molecule has 0 saturated carbocycles. The molecule has 1 fully saturated rings. The smallest absolute Gasteiger partial charge is 0.246 e. The van der Waals surface area contributed by atoms with Gasteiger partial charge in [-0.25, -0.2) is 8.78 Å². The summed E-state index contributed by atoms with van der Waals surface area (Å²) in [6.07, 6.45) is 2.32. The Kier molecular flexibility index (Phi) is 3.17. The fourth-order valence-electron chi connectivity index (χ4n) is 1.91. The first kappa shape index (κ1) is 12.7. The Balaban J connectivity index is 2.06. The average molecular weight is 252 g/mol. The van der Waals surface area contributed by atoms with E-state index >= 15 is 0 Å². The highest BCUT2D eigenvalue weighted by Gasteiger charge is 2.36. The van der Waals surface area contributed by atoms with Crippen LogP contribution in [-0.2, 0) is 4.79 Å². The van der Waals surface area contributed by atoms with Crippen molar-refractivity contribution in [1.29, 1.82) is 0 Å². The molecule has 1 aliphatic heterocycles. The number of benzene rings is 1. The number of nitrogens with two attached hydrogens (primary N) is 1. The molecule has 0 atom stereocenters. The fourth-order valence-corrected chi connectivity index (χ4v) is 1.91. The summed E-state index contributed by atoms with van der Waals surface area (Å²) in [5.74, 6) is -1.67. The molecule has 18 heavy (non-hydrogen) atoms. The zero-order valence-corrected chi connectivity index (χ0v) is 9.99. The van der Waals surface area contributed by atoms with Crippen LogP contribution in [0.4, 0.5) is 8.78 Å². The Morgan fingerprint density at radius 2 is 1.94 bits per heavy atom. The molecule has 1 aromatic rings. The summed E-state index contributed by atoms with van der Waals surface area (Å²) in [7, 11) is 0. The van der Waals surface area contributed by atoms with Crippen molar-refractivity contribution in [2.75, 3.05) is 13.1 Å². The molecule has 0 aromatic heterocycles. The topological polar surface area (TPSA) is 46.3 Å². The molecule has 1 aliphatic rings. The number of amides is 1. The Bertz CT molecular complexity index is 483. The van der Waals surface area contributed by atoms with Crippen molar-refractivity contribution < 1.29 is 13.6 Å². The lowest BCUT2D eigenvalue weighted by atomic mass is 9.94. The maximum atomic E-state index is 13.3. The van der Waals surface area contributed by atoms with Crippen LogP contribution < -0.4 is 5.73 Å². The molecule has 0 aliphatic carbocycles. The van der Waals surface area contributed by atoms with Crippen LogP contribution in [0.15, 0.2) is 24.3 Å². The second kappa shape index (κ2) is 4.49. The number of hydrogen-bond donors (Lipinski definition) is 1. The number of hydrogen-bond acceptors (Lipinski definition) is 2. The lowest BCUT2D eigenvalue weighted by Crippen LogP contribution is -2.66. The van der Waals surface area contributed by atoms with E-state index in [2.05, 4.69) is 0 Å². The lowest BCUT2D eigenvalue weighted by Gasteiger charge is -2.44. The maximum absolute atomic E-state index is 13.3. The molecular weight excluding hydrogens is 238 g/mol. The molecule has 1 saturated heterocycles. The number of halogens is 2. The highest BCUT2D eigenvalue weighted by Crippen LogP contribution is 2.18. The van der Waals surface area contributed by atoms with Crippen molar-refractivity contribution in [2.24, 2.45) is 5.73 Å². The summed E-state index contributed by atoms with van der Waals surface area (Å²) in [4.78, 5) is 13.2. The van der Waals surface area contributed by atoms with Gasteiger partial charge < -0.3 is 10.6 Å². The van der Waals surface area contributed by atoms with E-state index in [9.17, 15) is 13.6 Å². The number of likely N-dealkylation sites (tertiary alicyclic amines) is 1. The largest absolute Gasteiger partial charge is 0.335 e. The van der Waals surface area contributed by atoms with Gasteiger partial charge in [0.1, 0.15) is 11.6 Å². The SMILES string of the molecule is CC1(N)CN(C(=O)/C=C/c2c(F)cccc2F)C1. The second-order valence-electron chi connectivity index (χ2n) is 4.82. The summed E-state index contributed by atoms with van der Waals surface area (Å²) >= 11 is 0. The van der Waals surface area contributed by atoms with Crippen LogP contribution in [0.3, 0.4) is 0 Å². The minimum Gasteiger partial charge on any atom is -0.335 e. The summed E-state index contributed by atoms with van der Waals surface area (Å²) in [5, 5.41) is 0. The number of carbonyl (C=O) groups excluding carboxylic acids is 1. The number of nitrogens with zero attached hydrogens (tertiary/aromatic N) is 1. The monoisotopic (exact) mass is 252 g/mol. The third-order valence-electron chi connectivity index (χ3n) is 2.81. The van der Waals surface area contributed by atoms with Gasteiger partial charge in [-0.3, -0.25) is 4.79 Å². The van der Waals surface area contributed by atoms with Crippen LogP contribution in [0, 0.1) is 11.6 Å². The third kappa shape index (κ3) is 2.56. The van der Waals surface area contributed by atoms with E-state index in [0.717, 1.165) is 24.3 Å². The lowest BCUT2D eigenvalue weighted by molar-refractivity contribution is -0.132. The number of rotatable bonds is 2. The minimum absolute atomic E-state index is 0.207. The van der Waals surface area contributed by atoms with E-state index in [0.29, 0.717) is 13.1 Å². The van der Waals surface area contributed by atoms with E-state index < -0.39 is 11.6 Å². The Labute approximate surface area is 104 Å². The van der Waals surface area contributed by atoms with E-state index in [4.69, 9.17) is 5.73 Å². The molecule has 5 heteroatoms. The van der Waals surface area contributed by atoms with E-state index in [1.165, 1.54) is 11.0 Å². The van der Waals surface area contributed by atoms with Gasteiger partial charge in [0.05, 0.1) is 0 Å². The highest BCUT2D eigenvalue weighted by atomic mass is 19.1. The van der Waals surface area contributed by atoms with Gasteiger partial charge >= 0.3 is 0 Å². The Morgan fingerprint density at radius 3 is 2.44 bits per heavy atom. The molecule has 1 heterocycles. The van der Waals surface area contributed by atoms with Crippen molar-refractivity contribution >= 4 is 12.0 Å². The van der Waals surface area contributed by atoms with E-state index in [1.54, 1.807) is 0 Å². The summed E-state index contributed by atoms with van der Waals surface area (Å²) in [5.41, 5.74) is 5.21. The highest BCUT2D eigenvalue weighted by molar-refractivity contribution is 5.92. The molecule has 0 bridgehead atoms. The van der Waals surface area contributed by atoms with Crippen LogP contribution in [0.25, 0.3) is 6.08 Å². The van der Waals surface area contributed by atoms with Gasteiger partial charge in [-0.05, 0) is 25.1 Å². The zero-order valence-electron chi connectivity index (χ0n) is 9.99. The van der Waals surface area contributed by atoms with E-state index in [1.807, 2.05) is 6.92 Å². The van der Waals surface area contributed by atoms with Gasteiger partial charge in [0.15, 0.2) is 0 Å². The van der Waals surface area contributed by atoms with Crippen molar-refractivity contribution in [3.05, 3.63) is 41.5 Å². The van der Waals surface area contributed by atoms with Gasteiger partial charge in [0, 0.05) is 30.3 Å². The Hall–Kier alpha value is -1.75. The fraction of sp³-hybridized carbons (Fsp3) is 0.308. The van der Waals surface area contributed by atoms with Crippen molar-refractivity contribution in [1.82, 2.24) is 4.90 Å². The van der Waals surface area contributed by atoms with Gasteiger partial charge in [-0.15, -0.1) is 0 Å². The van der Waals surface area contributed by atoms with Gasteiger partial charge in [-0.2, -0.15) is 0 Å². The van der Waals surface area contributed by atoms with Gasteiger partial charge in [0.25, 0.3) is 0 Å². The van der Waals surface area contributed by atoms with Crippen LogP contribution in [0.2, 0.25) is 0 Å². The Morgan fingerprint density at radius 1 is 1.39 bits per heavy atom. The quantitative estimate of drug-likeness (QED) is 0.811. The molecule has 0 radical (unpaired) electrons. The summed E-state index contributed by atoms with van der Waals surface area (Å²) in [6.45, 7) is 2.75. The molecule has 3 nitrogen and oxygen atoms in total. The molecule has 0 unspecified atom stereocenters. The minimum atomic E-state index is -0.689. The molecule has 1 amide bonds. The van der Waals surface area contributed by atoms with Crippen molar-refractivity contribution in [3.8, 4) is 0 Å². The predicted octanol–water partition coefficient (Wildman–Crippen LogP) is 1.54. The standard InChI is InChI=1S/C13H14F2N2O/c1-13(16)7-17(8-13)12(18)6-5-9-10(14)3-2-4-11(9)15/h2-6H,7-8,16H2,1H3/b6-5+. The second-order valence-corrected chi connectivity index (χ2v) is 4.82. The van der Waals surface area contributed by atoms with Gasteiger partial charge in [0.2, 0.25) is 5.91 Å². The first-order valence-corrected chi connectivity index (χ1v) is 5.59. The first-order chi connectivity index (χ1) is 8.39. The first-order valence-electron chi connectivity index (χ1n) is 5.59. The van der Waals surface area contributed by atoms with Crippen molar-refractivity contribution in [2.45, 2.75) is 12.5 Å². The van der Waals surface area contributed by atoms with Crippen LogP contribution in [0.1, 0.15) is 12.5 Å². The van der Waals surface area contributed by atoms with Crippen LogP contribution >= 0.6 is 0 Å². The molecule has 1 aromatic carbocycles. The van der Waals surface area contributed by atoms with E-state index in [-0.39, 0.29) is 17.0 Å². The zero-order chi connectivity index (χ0) is 13.3. The summed E-state index contributed by atoms with van der Waals surface area (Å²) < 4.78 is 26.6. The van der Waals surface area contributed by atoms with Gasteiger partial charge in [-0.1, -0.05) is 6.07 Å². The average Bonchev–Trinajstić information content (AvgIpc) is 2.24. The normalized spacial score (nSPS) is 17.9. The number of carbonyl (C=O) groups is 1. The molecule has 96 valence electrons. The molecular formula is C13H14F2N2O. The molecule has 0 spiro atoms. The predicted molar refractivity (Wildman–Crippen MR) is 64.6 cm³/mol. The molecule has 2 N–H and O–H groups in total. The molecule has 2 rings (SSSR count). The van der Waals surface area contributed by atoms with Crippen molar-refractivity contribution in [3.63, 3.8) is 0 Å². The maximum Gasteiger partial charge on any atom is 0.246 e. The third-order valence-corrected chi connectivity index (χ3v) is 2.81. The van der Waals surface area contributed by atoms with Crippen LogP contribution in [-0.4, -0.2) is 29.4 Å². The van der Waals surface area contributed by atoms with Crippen LogP contribution in [0.5, 0.6) is 0 Å².